The molecule has 0 bridgehead atoms. The van der Waals surface area contributed by atoms with E-state index in [0.29, 0.717) is 10.6 Å². The van der Waals surface area contributed by atoms with Crippen LogP contribution in [0.4, 0.5) is 18.0 Å². The second-order valence-corrected chi connectivity index (χ2v) is 7.69. The Morgan fingerprint density at radius 2 is 1.69 bits per heavy atom. The molecule has 0 radical (unpaired) electrons. The summed E-state index contributed by atoms with van der Waals surface area (Å²) in [6.45, 7) is 0. The van der Waals surface area contributed by atoms with Crippen LogP contribution >= 0.6 is 11.6 Å². The smallest absolute Gasteiger partial charge is 0.437 e. The van der Waals surface area contributed by atoms with Gasteiger partial charge in [0.25, 0.3) is 0 Å². The standard InChI is InChI=1S/C22H16ClF3N2O4/c23-14-8-6-12(7-9-14)15-10-11-16(32-15)18-17(19(29)13-4-2-1-3-5-13)21(31,22(24,25)26)28-20(30)27-18/h1-11,17-18,31H,(H2,27,28,30)/t17-,18-,21+/m0/s1. The van der Waals surface area contributed by atoms with Crippen molar-refractivity contribution in [3.63, 3.8) is 0 Å². The highest BCUT2D eigenvalue weighted by atomic mass is 35.5. The Hall–Kier alpha value is -3.30. The number of alkyl halides is 3. The van der Waals surface area contributed by atoms with Crippen molar-refractivity contribution in [1.29, 1.82) is 0 Å². The molecule has 166 valence electrons. The Morgan fingerprint density at radius 1 is 1.03 bits per heavy atom. The fraction of sp³-hybridized carbons (Fsp3) is 0.182. The predicted octanol–water partition coefficient (Wildman–Crippen LogP) is 4.70. The Balaban J connectivity index is 1.80. The first-order chi connectivity index (χ1) is 15.1. The van der Waals surface area contributed by atoms with Gasteiger partial charge < -0.3 is 20.2 Å². The summed E-state index contributed by atoms with van der Waals surface area (Å²) in [6.07, 6.45) is -5.34. The summed E-state index contributed by atoms with van der Waals surface area (Å²) in [5, 5.41) is 14.8. The van der Waals surface area contributed by atoms with E-state index in [1.807, 2.05) is 0 Å². The van der Waals surface area contributed by atoms with Crippen molar-refractivity contribution in [2.45, 2.75) is 17.9 Å². The number of amides is 2. The second kappa shape index (κ2) is 7.99. The number of nitrogens with one attached hydrogen (secondary N) is 2. The molecule has 1 saturated heterocycles. The summed E-state index contributed by atoms with van der Waals surface area (Å²) >= 11 is 5.87. The Kier molecular flexibility index (Phi) is 5.47. The van der Waals surface area contributed by atoms with Crippen LogP contribution in [-0.2, 0) is 0 Å². The topological polar surface area (TPSA) is 91.6 Å². The molecule has 1 fully saturated rings. The van der Waals surface area contributed by atoms with Gasteiger partial charge in [0.05, 0.1) is 0 Å². The minimum atomic E-state index is -5.34. The Bertz CT molecular complexity index is 1150. The molecule has 1 aliphatic rings. The molecular weight excluding hydrogens is 449 g/mol. The molecule has 3 N–H and O–H groups in total. The first-order valence-corrected chi connectivity index (χ1v) is 9.80. The number of aliphatic hydroxyl groups is 1. The van der Waals surface area contributed by atoms with Crippen LogP contribution in [0.3, 0.4) is 0 Å². The van der Waals surface area contributed by atoms with E-state index < -0.39 is 35.7 Å². The van der Waals surface area contributed by atoms with Gasteiger partial charge >= 0.3 is 12.2 Å². The molecule has 32 heavy (non-hydrogen) atoms. The third kappa shape index (κ3) is 3.85. The highest BCUT2D eigenvalue weighted by Crippen LogP contribution is 2.44. The summed E-state index contributed by atoms with van der Waals surface area (Å²) in [6, 6.07) is 13.7. The number of rotatable bonds is 4. The zero-order valence-electron chi connectivity index (χ0n) is 16.2. The van der Waals surface area contributed by atoms with Crippen LogP contribution in [0.15, 0.2) is 71.1 Å². The van der Waals surface area contributed by atoms with E-state index >= 15 is 0 Å². The monoisotopic (exact) mass is 464 g/mol. The molecule has 0 saturated carbocycles. The zero-order chi connectivity index (χ0) is 23.1. The van der Waals surface area contributed by atoms with E-state index in [0.717, 1.165) is 0 Å². The van der Waals surface area contributed by atoms with Gasteiger partial charge in [0, 0.05) is 16.1 Å². The van der Waals surface area contributed by atoms with Crippen molar-refractivity contribution >= 4 is 23.4 Å². The summed E-state index contributed by atoms with van der Waals surface area (Å²) in [7, 11) is 0. The first-order valence-electron chi connectivity index (χ1n) is 9.43. The van der Waals surface area contributed by atoms with Gasteiger partial charge in [0.2, 0.25) is 5.72 Å². The largest absolute Gasteiger partial charge is 0.459 e. The van der Waals surface area contributed by atoms with Gasteiger partial charge in [0.1, 0.15) is 23.5 Å². The fourth-order valence-corrected chi connectivity index (χ4v) is 3.77. The number of halogens is 4. The highest BCUT2D eigenvalue weighted by Gasteiger charge is 2.66. The lowest BCUT2D eigenvalue weighted by atomic mass is 9.79. The second-order valence-electron chi connectivity index (χ2n) is 7.26. The molecule has 1 aliphatic heterocycles. The quantitative estimate of drug-likeness (QED) is 0.488. The van der Waals surface area contributed by atoms with Crippen molar-refractivity contribution in [1.82, 2.24) is 10.6 Å². The molecule has 3 aromatic rings. The third-order valence-corrected chi connectivity index (χ3v) is 5.46. The first kappa shape index (κ1) is 21.9. The molecule has 0 aliphatic carbocycles. The molecule has 10 heteroatoms. The number of hydrogen-bond acceptors (Lipinski definition) is 4. The van der Waals surface area contributed by atoms with Crippen molar-refractivity contribution < 1.29 is 32.3 Å². The molecule has 2 heterocycles. The Morgan fingerprint density at radius 3 is 2.31 bits per heavy atom. The number of ketones is 1. The number of benzene rings is 2. The van der Waals surface area contributed by atoms with Crippen LogP contribution in [0.1, 0.15) is 22.2 Å². The van der Waals surface area contributed by atoms with E-state index in [9.17, 15) is 27.9 Å². The van der Waals surface area contributed by atoms with Gasteiger partial charge in [-0.1, -0.05) is 41.9 Å². The molecule has 3 atom stereocenters. The van der Waals surface area contributed by atoms with Gasteiger partial charge in [-0.25, -0.2) is 4.79 Å². The fourth-order valence-electron chi connectivity index (χ4n) is 3.65. The minimum absolute atomic E-state index is 0.0624. The lowest BCUT2D eigenvalue weighted by Gasteiger charge is -2.44. The van der Waals surface area contributed by atoms with Crippen LogP contribution in [0.5, 0.6) is 0 Å². The number of carbonyl (C=O) groups excluding carboxylic acids is 2. The number of urea groups is 1. The molecule has 2 aromatic carbocycles. The van der Waals surface area contributed by atoms with E-state index in [4.69, 9.17) is 16.0 Å². The van der Waals surface area contributed by atoms with Gasteiger partial charge in [-0.3, -0.25) is 4.79 Å². The third-order valence-electron chi connectivity index (χ3n) is 5.21. The zero-order valence-corrected chi connectivity index (χ0v) is 16.9. The van der Waals surface area contributed by atoms with Gasteiger partial charge in [-0.2, -0.15) is 13.2 Å². The predicted molar refractivity (Wildman–Crippen MR) is 109 cm³/mol. The van der Waals surface area contributed by atoms with E-state index in [1.54, 1.807) is 30.3 Å². The van der Waals surface area contributed by atoms with Gasteiger partial charge in [-0.15, -0.1) is 0 Å². The SMILES string of the molecule is O=C1N[C@@H](c2ccc(-c3ccc(Cl)cc3)o2)[C@@H](C(=O)c2ccccc2)[C@@](O)(C(F)(F)F)N1. The van der Waals surface area contributed by atoms with Crippen LogP contribution < -0.4 is 10.6 Å². The maximum Gasteiger partial charge on any atom is 0.437 e. The van der Waals surface area contributed by atoms with E-state index in [2.05, 4.69) is 5.32 Å². The van der Waals surface area contributed by atoms with Crippen LogP contribution in [0.2, 0.25) is 5.02 Å². The van der Waals surface area contributed by atoms with Crippen LogP contribution in [-0.4, -0.2) is 28.8 Å². The number of Topliss-reactive ketones (excluding diaryl/α,β-unsaturated/α-hetero) is 1. The minimum Gasteiger partial charge on any atom is -0.459 e. The Labute approximate surface area is 185 Å². The average molecular weight is 465 g/mol. The van der Waals surface area contributed by atoms with Crippen LogP contribution in [0.25, 0.3) is 11.3 Å². The lowest BCUT2D eigenvalue weighted by molar-refractivity contribution is -0.288. The van der Waals surface area contributed by atoms with Gasteiger partial charge in [-0.05, 0) is 36.4 Å². The highest BCUT2D eigenvalue weighted by molar-refractivity contribution is 6.30. The average Bonchev–Trinajstić information content (AvgIpc) is 3.23. The van der Waals surface area contributed by atoms with Gasteiger partial charge in [0.15, 0.2) is 5.78 Å². The number of hydrogen-bond donors (Lipinski definition) is 3. The molecule has 6 nitrogen and oxygen atoms in total. The normalized spacial score (nSPS) is 23.3. The molecule has 2 amide bonds. The van der Waals surface area contributed by atoms with Crippen molar-refractivity contribution in [2.24, 2.45) is 5.92 Å². The maximum absolute atomic E-state index is 13.9. The molecule has 4 rings (SSSR count). The maximum atomic E-state index is 13.9. The summed E-state index contributed by atoms with van der Waals surface area (Å²) in [4.78, 5) is 25.2. The van der Waals surface area contributed by atoms with Crippen molar-refractivity contribution in [2.75, 3.05) is 0 Å². The van der Waals surface area contributed by atoms with Crippen LogP contribution in [0, 0.1) is 5.92 Å². The summed E-state index contributed by atoms with van der Waals surface area (Å²) in [5.74, 6) is -3.02. The molecule has 1 aromatic heterocycles. The number of furan rings is 1. The molecule has 0 unspecified atom stereocenters. The number of carbonyl (C=O) groups is 2. The van der Waals surface area contributed by atoms with Crippen molar-refractivity contribution in [3.8, 4) is 11.3 Å². The summed E-state index contributed by atoms with van der Waals surface area (Å²) in [5.41, 5.74) is -3.30. The summed E-state index contributed by atoms with van der Waals surface area (Å²) < 4.78 is 47.5. The molecule has 0 spiro atoms. The molecular formula is C22H16ClF3N2O4. The van der Waals surface area contributed by atoms with Crippen molar-refractivity contribution in [3.05, 3.63) is 83.1 Å². The van der Waals surface area contributed by atoms with E-state index in [-0.39, 0.29) is 17.1 Å². The lowest BCUT2D eigenvalue weighted by Crippen LogP contribution is -2.72. The van der Waals surface area contributed by atoms with E-state index in [1.165, 1.54) is 41.7 Å².